The molecule has 2 N–H and O–H groups in total. The van der Waals surface area contributed by atoms with Crippen LogP contribution >= 0.6 is 15.9 Å². The molecule has 0 saturated heterocycles. The van der Waals surface area contributed by atoms with Crippen LogP contribution in [0.2, 0.25) is 0 Å². The van der Waals surface area contributed by atoms with E-state index in [1.54, 1.807) is 37.6 Å². The largest absolute Gasteiger partial charge is 0.367 e. The average Bonchev–Trinajstić information content (AvgIpc) is 2.47. The summed E-state index contributed by atoms with van der Waals surface area (Å²) >= 11 is 3.28. The summed E-state index contributed by atoms with van der Waals surface area (Å²) in [4.78, 5) is 8.23. The Bertz CT molecular complexity index is 707. The number of nitrogens with one attached hydrogen (secondary N) is 2. The summed E-state index contributed by atoms with van der Waals surface area (Å²) < 4.78 is 27.7. The predicted octanol–water partition coefficient (Wildman–Crippen LogP) is 1.94. The first kappa shape index (κ1) is 15.9. The number of aryl methyl sites for hydroxylation is 1. The molecule has 1 aromatic heterocycles. The molecule has 0 radical (unpaired) electrons. The van der Waals surface area contributed by atoms with Crippen LogP contribution < -0.4 is 10.0 Å². The molecule has 0 spiro atoms. The maximum Gasteiger partial charge on any atom is 0.240 e. The molecular formula is C13H15BrN4O2S. The Kier molecular flexibility index (Phi) is 5.27. The normalized spacial score (nSPS) is 11.3. The molecule has 1 heterocycles. The summed E-state index contributed by atoms with van der Waals surface area (Å²) in [5.74, 6) is 0.607. The van der Waals surface area contributed by atoms with Gasteiger partial charge in [0.05, 0.1) is 11.1 Å². The van der Waals surface area contributed by atoms with E-state index in [-0.39, 0.29) is 11.4 Å². The fourth-order valence-corrected chi connectivity index (χ4v) is 3.52. The molecule has 0 fully saturated rings. The van der Waals surface area contributed by atoms with Gasteiger partial charge in [0.15, 0.2) is 0 Å². The summed E-state index contributed by atoms with van der Waals surface area (Å²) in [7, 11) is -3.52. The number of sulfonamides is 1. The van der Waals surface area contributed by atoms with Crippen molar-refractivity contribution in [1.82, 2.24) is 14.7 Å². The molecule has 0 aliphatic rings. The Morgan fingerprint density at radius 2 is 2.05 bits per heavy atom. The predicted molar refractivity (Wildman–Crippen MR) is 84.6 cm³/mol. The van der Waals surface area contributed by atoms with Crippen molar-refractivity contribution in [3.8, 4) is 0 Å². The number of nitrogens with zero attached hydrogens (tertiary/aromatic N) is 2. The molecule has 21 heavy (non-hydrogen) atoms. The summed E-state index contributed by atoms with van der Waals surface area (Å²) in [5, 5.41) is 2.98. The smallest absolute Gasteiger partial charge is 0.240 e. The van der Waals surface area contributed by atoms with Gasteiger partial charge in [-0.2, -0.15) is 0 Å². The summed E-state index contributed by atoms with van der Waals surface area (Å²) in [6.07, 6.45) is 4.72. The lowest BCUT2D eigenvalue weighted by Gasteiger charge is -2.10. The summed E-state index contributed by atoms with van der Waals surface area (Å²) in [6.45, 7) is 2.44. The van der Waals surface area contributed by atoms with E-state index in [1.165, 1.54) is 0 Å². The Balaban J connectivity index is 1.94. The molecule has 0 aliphatic heterocycles. The van der Waals surface area contributed by atoms with Crippen LogP contribution in [0.4, 0.5) is 5.82 Å². The number of hydrogen-bond donors (Lipinski definition) is 2. The van der Waals surface area contributed by atoms with Crippen molar-refractivity contribution in [2.45, 2.75) is 11.8 Å². The van der Waals surface area contributed by atoms with Gasteiger partial charge in [0.25, 0.3) is 0 Å². The molecule has 2 rings (SSSR count). The second-order valence-corrected chi connectivity index (χ2v) is 6.98. The van der Waals surface area contributed by atoms with E-state index >= 15 is 0 Å². The first-order valence-electron chi connectivity index (χ1n) is 6.25. The van der Waals surface area contributed by atoms with Crippen molar-refractivity contribution in [3.05, 3.63) is 46.8 Å². The average molecular weight is 371 g/mol. The van der Waals surface area contributed by atoms with Crippen LogP contribution in [-0.4, -0.2) is 31.5 Å². The topological polar surface area (TPSA) is 84.0 Å². The highest BCUT2D eigenvalue weighted by atomic mass is 79.9. The Hall–Kier alpha value is -1.51. The third-order valence-corrected chi connectivity index (χ3v) is 4.82. The monoisotopic (exact) mass is 370 g/mol. The molecule has 0 bridgehead atoms. The first-order valence-corrected chi connectivity index (χ1v) is 8.52. The Morgan fingerprint density at radius 1 is 1.24 bits per heavy atom. The van der Waals surface area contributed by atoms with Gasteiger partial charge in [-0.15, -0.1) is 0 Å². The van der Waals surface area contributed by atoms with E-state index in [9.17, 15) is 8.42 Å². The maximum atomic E-state index is 12.2. The number of hydrogen-bond acceptors (Lipinski definition) is 5. The van der Waals surface area contributed by atoms with Gasteiger partial charge in [-0.25, -0.2) is 18.1 Å². The minimum absolute atomic E-state index is 0.255. The molecule has 0 unspecified atom stereocenters. The zero-order valence-corrected chi connectivity index (χ0v) is 13.8. The molecule has 0 saturated carbocycles. The van der Waals surface area contributed by atoms with Crippen LogP contribution in [0, 0.1) is 6.92 Å². The van der Waals surface area contributed by atoms with Gasteiger partial charge in [-0.3, -0.25) is 4.98 Å². The molecule has 112 valence electrons. The van der Waals surface area contributed by atoms with E-state index in [1.807, 2.05) is 6.07 Å². The quantitative estimate of drug-likeness (QED) is 0.759. The lowest BCUT2D eigenvalue weighted by Crippen LogP contribution is -2.29. The molecule has 8 heteroatoms. The minimum atomic E-state index is -3.52. The molecule has 0 aliphatic carbocycles. The highest BCUT2D eigenvalue weighted by Gasteiger charge is 2.16. The zero-order valence-electron chi connectivity index (χ0n) is 11.4. The maximum absolute atomic E-state index is 12.2. The number of rotatable bonds is 6. The highest BCUT2D eigenvalue weighted by Crippen LogP contribution is 2.20. The van der Waals surface area contributed by atoms with Crippen molar-refractivity contribution in [3.63, 3.8) is 0 Å². The van der Waals surface area contributed by atoms with Crippen LogP contribution in [0.1, 0.15) is 5.56 Å². The van der Waals surface area contributed by atoms with E-state index < -0.39 is 10.0 Å². The fraction of sp³-hybridized carbons (Fsp3) is 0.231. The number of halogens is 1. The Labute approximate surface area is 132 Å². The first-order chi connectivity index (χ1) is 9.99. The molecule has 2 aromatic rings. The third-order valence-electron chi connectivity index (χ3n) is 2.73. The van der Waals surface area contributed by atoms with E-state index in [0.29, 0.717) is 17.9 Å². The van der Waals surface area contributed by atoms with Crippen LogP contribution in [0.3, 0.4) is 0 Å². The molecular weight excluding hydrogens is 356 g/mol. The third kappa shape index (κ3) is 4.48. The van der Waals surface area contributed by atoms with Crippen molar-refractivity contribution in [1.29, 1.82) is 0 Å². The van der Waals surface area contributed by atoms with Gasteiger partial charge in [0.1, 0.15) is 5.82 Å². The molecule has 0 amide bonds. The second-order valence-electron chi connectivity index (χ2n) is 4.33. The van der Waals surface area contributed by atoms with Crippen LogP contribution in [0.15, 0.2) is 46.2 Å². The zero-order chi connectivity index (χ0) is 15.3. The van der Waals surface area contributed by atoms with Crippen LogP contribution in [0.5, 0.6) is 0 Å². The van der Waals surface area contributed by atoms with Gasteiger partial charge in [-0.1, -0.05) is 22.0 Å². The van der Waals surface area contributed by atoms with E-state index in [0.717, 1.165) is 4.47 Å². The van der Waals surface area contributed by atoms with Gasteiger partial charge >= 0.3 is 0 Å². The van der Waals surface area contributed by atoms with Crippen molar-refractivity contribution in [2.24, 2.45) is 0 Å². The van der Waals surface area contributed by atoms with Crippen molar-refractivity contribution < 1.29 is 8.42 Å². The molecule has 0 atom stereocenters. The van der Waals surface area contributed by atoms with E-state index in [2.05, 4.69) is 35.9 Å². The van der Waals surface area contributed by atoms with Crippen molar-refractivity contribution >= 4 is 31.8 Å². The second kappa shape index (κ2) is 6.97. The van der Waals surface area contributed by atoms with Crippen LogP contribution in [0.25, 0.3) is 0 Å². The van der Waals surface area contributed by atoms with Gasteiger partial charge < -0.3 is 5.32 Å². The number of anilines is 1. The van der Waals surface area contributed by atoms with E-state index in [4.69, 9.17) is 0 Å². The summed E-state index contributed by atoms with van der Waals surface area (Å²) in [5.41, 5.74) is 0.701. The summed E-state index contributed by atoms with van der Waals surface area (Å²) in [6, 6.07) is 5.16. The van der Waals surface area contributed by atoms with Gasteiger partial charge in [0, 0.05) is 30.0 Å². The molecule has 1 aromatic carbocycles. The standard InChI is InChI=1S/C13H15BrN4O2S/c1-10-2-3-11(14)8-12(10)21(19,20)18-7-6-17-13-9-15-4-5-16-13/h2-5,8-9,18H,6-7H2,1H3,(H,16,17). The van der Waals surface area contributed by atoms with Crippen molar-refractivity contribution in [2.75, 3.05) is 18.4 Å². The van der Waals surface area contributed by atoms with Gasteiger partial charge in [-0.05, 0) is 24.6 Å². The highest BCUT2D eigenvalue weighted by molar-refractivity contribution is 9.10. The van der Waals surface area contributed by atoms with Crippen LogP contribution in [-0.2, 0) is 10.0 Å². The lowest BCUT2D eigenvalue weighted by atomic mass is 10.2. The number of aromatic nitrogens is 2. The molecule has 6 nitrogen and oxygen atoms in total. The lowest BCUT2D eigenvalue weighted by molar-refractivity contribution is 0.582. The number of benzene rings is 1. The minimum Gasteiger partial charge on any atom is -0.367 e. The SMILES string of the molecule is Cc1ccc(Br)cc1S(=O)(=O)NCCNc1cnccn1. The van der Waals surface area contributed by atoms with Gasteiger partial charge in [0.2, 0.25) is 10.0 Å². The Morgan fingerprint density at radius 3 is 2.76 bits per heavy atom. The fourth-order valence-electron chi connectivity index (χ4n) is 1.71.